The van der Waals surface area contributed by atoms with Crippen molar-refractivity contribution in [2.75, 3.05) is 18.1 Å². The van der Waals surface area contributed by atoms with Crippen molar-refractivity contribution in [1.29, 1.82) is 5.26 Å². The number of halogens is 1. The first kappa shape index (κ1) is 18.2. The number of nitrogens with zero attached hydrogens (tertiary/aromatic N) is 2. The van der Waals surface area contributed by atoms with E-state index in [2.05, 4.69) is 0 Å². The molecule has 1 aromatic rings. The summed E-state index contributed by atoms with van der Waals surface area (Å²) in [5.74, 6) is -1.23. The fourth-order valence-corrected chi connectivity index (χ4v) is 2.89. The molecule has 128 valence electrons. The molecule has 0 bridgehead atoms. The number of esters is 1. The number of carbonyl (C=O) groups excluding carboxylic acids is 2. The average Bonchev–Trinajstić information content (AvgIpc) is 3.01. The highest BCUT2D eigenvalue weighted by atomic mass is 35.5. The number of ether oxygens (including phenoxy) is 1. The molecule has 24 heavy (non-hydrogen) atoms. The number of benzene rings is 1. The molecular weight excluding hydrogens is 332 g/mol. The smallest absolute Gasteiger partial charge is 0.338 e. The Morgan fingerprint density at radius 2 is 2.08 bits per heavy atom. The monoisotopic (exact) mass is 350 g/mol. The first-order chi connectivity index (χ1) is 11.5. The SMILES string of the molecule is N#CCCN(C(=O)COC(=O)C1(O)CCCC1)c1cccc(Cl)c1. The zero-order chi connectivity index (χ0) is 17.6. The molecule has 0 aliphatic heterocycles. The van der Waals surface area contributed by atoms with Crippen molar-refractivity contribution in [2.24, 2.45) is 0 Å². The molecule has 1 aliphatic rings. The van der Waals surface area contributed by atoms with Crippen LogP contribution in [0.15, 0.2) is 24.3 Å². The summed E-state index contributed by atoms with van der Waals surface area (Å²) in [5, 5.41) is 19.4. The van der Waals surface area contributed by atoms with E-state index < -0.39 is 24.1 Å². The Balaban J connectivity index is 2.02. The highest BCUT2D eigenvalue weighted by molar-refractivity contribution is 6.30. The number of hydrogen-bond donors (Lipinski definition) is 1. The number of rotatable bonds is 6. The molecule has 0 unspecified atom stereocenters. The molecule has 1 N–H and O–H groups in total. The Morgan fingerprint density at radius 1 is 1.38 bits per heavy atom. The van der Waals surface area contributed by atoms with Crippen LogP contribution in [-0.4, -0.2) is 35.7 Å². The van der Waals surface area contributed by atoms with Gasteiger partial charge in [-0.05, 0) is 43.9 Å². The largest absolute Gasteiger partial charge is 0.453 e. The van der Waals surface area contributed by atoms with Crippen molar-refractivity contribution in [2.45, 2.75) is 37.7 Å². The van der Waals surface area contributed by atoms with Gasteiger partial charge in [-0.1, -0.05) is 17.7 Å². The van der Waals surface area contributed by atoms with E-state index in [1.54, 1.807) is 24.3 Å². The van der Waals surface area contributed by atoms with Gasteiger partial charge in [0.2, 0.25) is 0 Å². The standard InChI is InChI=1S/C17H19ClN2O4/c18-13-5-3-6-14(11-13)20(10-4-9-19)15(21)12-24-16(22)17(23)7-1-2-8-17/h3,5-6,11,23H,1-2,4,7-8,10,12H2. The summed E-state index contributed by atoms with van der Waals surface area (Å²) in [6.45, 7) is -0.323. The summed E-state index contributed by atoms with van der Waals surface area (Å²) >= 11 is 5.94. The van der Waals surface area contributed by atoms with E-state index in [9.17, 15) is 14.7 Å². The molecule has 0 spiro atoms. The second-order valence-corrected chi connectivity index (χ2v) is 6.18. The molecule has 1 aliphatic carbocycles. The van der Waals surface area contributed by atoms with Crippen LogP contribution in [0.1, 0.15) is 32.1 Å². The van der Waals surface area contributed by atoms with Crippen LogP contribution >= 0.6 is 11.6 Å². The lowest BCUT2D eigenvalue weighted by Gasteiger charge is -2.24. The quantitative estimate of drug-likeness (QED) is 0.796. The fraction of sp³-hybridized carbons (Fsp3) is 0.471. The number of amides is 1. The van der Waals surface area contributed by atoms with Crippen molar-refractivity contribution in [3.8, 4) is 6.07 Å². The van der Waals surface area contributed by atoms with Gasteiger partial charge in [0, 0.05) is 17.3 Å². The van der Waals surface area contributed by atoms with Gasteiger partial charge in [-0.15, -0.1) is 0 Å². The minimum atomic E-state index is -1.48. The topological polar surface area (TPSA) is 90.6 Å². The first-order valence-electron chi connectivity index (χ1n) is 7.79. The van der Waals surface area contributed by atoms with Crippen LogP contribution in [0.2, 0.25) is 5.02 Å². The molecule has 1 fully saturated rings. The Kier molecular flexibility index (Phi) is 6.18. The molecule has 0 heterocycles. The number of carbonyl (C=O) groups is 2. The minimum Gasteiger partial charge on any atom is -0.453 e. The maximum Gasteiger partial charge on any atom is 0.338 e. The van der Waals surface area contributed by atoms with E-state index >= 15 is 0 Å². The van der Waals surface area contributed by atoms with E-state index in [-0.39, 0.29) is 13.0 Å². The maximum absolute atomic E-state index is 12.4. The first-order valence-corrected chi connectivity index (χ1v) is 8.16. The van der Waals surface area contributed by atoms with Gasteiger partial charge in [0.1, 0.15) is 0 Å². The molecule has 6 nitrogen and oxygen atoms in total. The Morgan fingerprint density at radius 3 is 2.71 bits per heavy atom. The predicted octanol–water partition coefficient (Wildman–Crippen LogP) is 2.43. The van der Waals surface area contributed by atoms with E-state index in [0.717, 1.165) is 12.8 Å². The van der Waals surface area contributed by atoms with Gasteiger partial charge < -0.3 is 14.7 Å². The van der Waals surface area contributed by atoms with E-state index in [1.807, 2.05) is 6.07 Å². The van der Waals surface area contributed by atoms with Gasteiger partial charge >= 0.3 is 5.97 Å². The number of hydrogen-bond acceptors (Lipinski definition) is 5. The van der Waals surface area contributed by atoms with Crippen molar-refractivity contribution >= 4 is 29.2 Å². The number of aliphatic hydroxyl groups is 1. The van der Waals surface area contributed by atoms with Crippen LogP contribution in [0.4, 0.5) is 5.69 Å². The van der Waals surface area contributed by atoms with Gasteiger partial charge in [0.15, 0.2) is 12.2 Å². The molecule has 7 heteroatoms. The summed E-state index contributed by atoms with van der Waals surface area (Å²) in [6.07, 6.45) is 2.36. The van der Waals surface area contributed by atoms with Crippen molar-refractivity contribution < 1.29 is 19.4 Å². The molecule has 0 aromatic heterocycles. The van der Waals surface area contributed by atoms with Crippen LogP contribution in [0, 0.1) is 11.3 Å². The highest BCUT2D eigenvalue weighted by Gasteiger charge is 2.40. The van der Waals surface area contributed by atoms with Crippen LogP contribution in [0.25, 0.3) is 0 Å². The Bertz CT molecular complexity index is 650. The van der Waals surface area contributed by atoms with Crippen molar-refractivity contribution in [1.82, 2.24) is 0 Å². The summed E-state index contributed by atoms with van der Waals surface area (Å²) in [6, 6.07) is 8.63. The highest BCUT2D eigenvalue weighted by Crippen LogP contribution is 2.30. The minimum absolute atomic E-state index is 0.135. The Hall–Kier alpha value is -2.10. The second kappa shape index (κ2) is 8.13. The molecule has 0 saturated heterocycles. The summed E-state index contributed by atoms with van der Waals surface area (Å²) < 4.78 is 5.01. The third-order valence-electron chi connectivity index (χ3n) is 4.01. The van der Waals surface area contributed by atoms with Gasteiger partial charge in [-0.2, -0.15) is 5.26 Å². The predicted molar refractivity (Wildman–Crippen MR) is 88.4 cm³/mol. The van der Waals surface area contributed by atoms with E-state index in [4.69, 9.17) is 21.6 Å². The molecular formula is C17H19ClN2O4. The molecule has 0 radical (unpaired) electrons. The van der Waals surface area contributed by atoms with Crippen molar-refractivity contribution in [3.05, 3.63) is 29.3 Å². The van der Waals surface area contributed by atoms with Crippen molar-refractivity contribution in [3.63, 3.8) is 0 Å². The third kappa shape index (κ3) is 4.47. The zero-order valence-electron chi connectivity index (χ0n) is 13.2. The maximum atomic E-state index is 12.4. The number of anilines is 1. The van der Waals surface area contributed by atoms with Crippen LogP contribution in [-0.2, 0) is 14.3 Å². The molecule has 1 aromatic carbocycles. The lowest BCUT2D eigenvalue weighted by molar-refractivity contribution is -0.166. The normalized spacial score (nSPS) is 15.5. The van der Waals surface area contributed by atoms with Crippen LogP contribution in [0.5, 0.6) is 0 Å². The average molecular weight is 351 g/mol. The molecule has 0 atom stereocenters. The zero-order valence-corrected chi connectivity index (χ0v) is 14.0. The lowest BCUT2D eigenvalue weighted by Crippen LogP contribution is -2.41. The Labute approximate surface area is 145 Å². The number of nitriles is 1. The fourth-order valence-electron chi connectivity index (χ4n) is 2.71. The van der Waals surface area contributed by atoms with Gasteiger partial charge in [0.25, 0.3) is 5.91 Å². The van der Waals surface area contributed by atoms with Gasteiger partial charge in [0.05, 0.1) is 12.5 Å². The summed E-state index contributed by atoms with van der Waals surface area (Å²) in [4.78, 5) is 25.7. The lowest BCUT2D eigenvalue weighted by atomic mass is 10.0. The summed E-state index contributed by atoms with van der Waals surface area (Å²) in [7, 11) is 0. The van der Waals surface area contributed by atoms with Gasteiger partial charge in [-0.25, -0.2) is 4.79 Å². The molecule has 1 amide bonds. The van der Waals surface area contributed by atoms with E-state index in [0.29, 0.717) is 23.6 Å². The van der Waals surface area contributed by atoms with Crippen LogP contribution < -0.4 is 4.90 Å². The third-order valence-corrected chi connectivity index (χ3v) is 4.24. The second-order valence-electron chi connectivity index (χ2n) is 5.75. The molecule has 1 saturated carbocycles. The van der Waals surface area contributed by atoms with Gasteiger partial charge in [-0.3, -0.25) is 4.79 Å². The van der Waals surface area contributed by atoms with Crippen LogP contribution in [0.3, 0.4) is 0 Å². The molecule has 2 rings (SSSR count). The summed E-state index contributed by atoms with van der Waals surface area (Å²) in [5.41, 5.74) is -0.952. The van der Waals surface area contributed by atoms with E-state index in [1.165, 1.54) is 4.90 Å².